The summed E-state index contributed by atoms with van der Waals surface area (Å²) in [7, 11) is 0. The van der Waals surface area contributed by atoms with Gasteiger partial charge in [-0.2, -0.15) is 0 Å². The van der Waals surface area contributed by atoms with Crippen LogP contribution in [0, 0.1) is 6.20 Å². The quantitative estimate of drug-likeness (QED) is 0.230. The zero-order valence-corrected chi connectivity index (χ0v) is 18.8. The van der Waals surface area contributed by atoms with Gasteiger partial charge in [-0.05, 0) is 16.7 Å². The Balaban J connectivity index is 0.000000948. The number of hydrogen-bond acceptors (Lipinski definition) is 1. The molecule has 0 amide bonds. The van der Waals surface area contributed by atoms with Gasteiger partial charge in [0.05, 0.1) is 0 Å². The van der Waals surface area contributed by atoms with E-state index in [1.54, 1.807) is 0 Å². The normalized spacial score (nSPS) is 10.7. The Kier molecular flexibility index (Phi) is 6.54. The maximum Gasteiger partial charge on any atom is 0.105 e. The van der Waals surface area contributed by atoms with Gasteiger partial charge in [0.25, 0.3) is 0 Å². The topological polar surface area (TPSA) is 17.8 Å². The van der Waals surface area contributed by atoms with Crippen LogP contribution in [0.4, 0.5) is 0 Å². The summed E-state index contributed by atoms with van der Waals surface area (Å²) in [6.45, 7) is 0. The summed E-state index contributed by atoms with van der Waals surface area (Å²) >= 11 is 4.25. The molecule has 0 bridgehead atoms. The van der Waals surface area contributed by atoms with Crippen molar-refractivity contribution in [2.24, 2.45) is 0 Å². The third kappa shape index (κ3) is 3.44. The molecule has 0 saturated heterocycles. The van der Waals surface area contributed by atoms with Gasteiger partial charge in [-0.15, -0.1) is 6.20 Å². The van der Waals surface area contributed by atoms with Crippen molar-refractivity contribution < 1.29 is 16.3 Å². The fourth-order valence-corrected chi connectivity index (χ4v) is 3.39. The van der Waals surface area contributed by atoms with Crippen LogP contribution in [0.25, 0.3) is 0 Å². The molecular weight excluding hydrogens is 438 g/mol. The molecule has 4 heteroatoms. The standard InChI is InChI=1S/C22H17N2.BrH.Zn/c1-4-10-19(11-5-1)22(24-17-16-23-18-24,20-12-6-2-7-13-20)21-14-8-3-9-15-21;;/h1-15,17-18H;1H;/q-1;;+2/p-1. The zero-order valence-electron chi connectivity index (χ0n) is 14.3. The van der Waals surface area contributed by atoms with E-state index in [4.69, 9.17) is 0 Å². The molecule has 4 rings (SSSR count). The number of hydrogen-bond donors (Lipinski definition) is 0. The minimum Gasteiger partial charge on any atom is -0.442 e. The van der Waals surface area contributed by atoms with Crippen molar-refractivity contribution in [1.82, 2.24) is 9.55 Å². The second kappa shape index (κ2) is 9.07. The molecule has 2 nitrogen and oxygen atoms in total. The number of imidazole rings is 1. The first-order chi connectivity index (χ1) is 12.9. The summed E-state index contributed by atoms with van der Waals surface area (Å²) in [4.78, 5) is 4.20. The van der Waals surface area contributed by atoms with Crippen LogP contribution in [0.3, 0.4) is 0 Å². The minimum absolute atomic E-state index is 0.475. The van der Waals surface area contributed by atoms with Gasteiger partial charge >= 0.3 is 30.0 Å². The molecule has 4 aromatic rings. The number of halogens is 1. The summed E-state index contributed by atoms with van der Waals surface area (Å²) in [6.07, 6.45) is 6.71. The third-order valence-corrected chi connectivity index (χ3v) is 4.42. The van der Waals surface area contributed by atoms with Crippen LogP contribution in [0.5, 0.6) is 0 Å². The van der Waals surface area contributed by atoms with E-state index in [9.17, 15) is 0 Å². The predicted molar refractivity (Wildman–Crippen MR) is 105 cm³/mol. The monoisotopic (exact) mass is 452 g/mol. The van der Waals surface area contributed by atoms with Crippen molar-refractivity contribution >= 4 is 13.6 Å². The molecule has 0 spiro atoms. The molecule has 0 aliphatic carbocycles. The van der Waals surface area contributed by atoms with Gasteiger partial charge in [0.2, 0.25) is 0 Å². The molecule has 3 aromatic carbocycles. The molecule has 0 aliphatic heterocycles. The minimum atomic E-state index is -0.475. The van der Waals surface area contributed by atoms with Gasteiger partial charge in [0, 0.05) is 0 Å². The number of nitrogens with zero attached hydrogens (tertiary/aromatic N) is 2. The SMILES string of the molecule is [Zn+][Br].[c-]1cn(C(c2ccccc2)(c2ccccc2)c2ccccc2)cn1. The summed E-state index contributed by atoms with van der Waals surface area (Å²) < 4.78 is 2.13. The van der Waals surface area contributed by atoms with Crippen molar-refractivity contribution in [1.29, 1.82) is 0 Å². The van der Waals surface area contributed by atoms with Crippen LogP contribution >= 0.6 is 13.6 Å². The van der Waals surface area contributed by atoms with E-state index >= 15 is 0 Å². The zero-order chi connectivity index (χ0) is 18.2. The third-order valence-electron chi connectivity index (χ3n) is 4.42. The maximum absolute atomic E-state index is 4.20. The Morgan fingerprint density at radius 2 is 1.08 bits per heavy atom. The molecule has 0 radical (unpaired) electrons. The number of benzene rings is 3. The largest absolute Gasteiger partial charge is 0.442 e. The molecule has 1 heterocycles. The van der Waals surface area contributed by atoms with Crippen LogP contribution < -0.4 is 0 Å². The van der Waals surface area contributed by atoms with E-state index in [0.29, 0.717) is 0 Å². The molecule has 124 valence electrons. The smallest absolute Gasteiger partial charge is 0.105 e. The molecular formula is C22H17BrN2Zn. The Morgan fingerprint density at radius 3 is 1.38 bits per heavy atom. The van der Waals surface area contributed by atoms with Crippen LogP contribution in [-0.4, -0.2) is 9.55 Å². The van der Waals surface area contributed by atoms with Crippen molar-refractivity contribution in [3.05, 3.63) is 126 Å². The Bertz CT molecular complexity index is 798. The molecule has 0 saturated carbocycles. The second-order valence-electron chi connectivity index (χ2n) is 5.72. The second-order valence-corrected chi connectivity index (χ2v) is 5.72. The van der Waals surface area contributed by atoms with Crippen LogP contribution in [0.15, 0.2) is 104 Å². The van der Waals surface area contributed by atoms with Crippen molar-refractivity contribution in [2.45, 2.75) is 5.54 Å². The molecule has 1 aromatic heterocycles. The first kappa shape index (κ1) is 18.8. The first-order valence-electron chi connectivity index (χ1n) is 8.26. The number of rotatable bonds is 4. The van der Waals surface area contributed by atoms with E-state index in [1.165, 1.54) is 33.0 Å². The van der Waals surface area contributed by atoms with Gasteiger partial charge in [-0.3, -0.25) is 0 Å². The number of aromatic nitrogens is 2. The fraction of sp³-hybridized carbons (Fsp3) is 0.0455. The van der Waals surface area contributed by atoms with Crippen molar-refractivity contribution in [3.8, 4) is 0 Å². The van der Waals surface area contributed by atoms with Crippen molar-refractivity contribution in [2.75, 3.05) is 0 Å². The van der Waals surface area contributed by atoms with E-state index in [2.05, 4.69) is 102 Å². The average Bonchev–Trinajstić information content (AvgIpc) is 3.28. The van der Waals surface area contributed by atoms with Gasteiger partial charge in [0.15, 0.2) is 0 Å². The van der Waals surface area contributed by atoms with Crippen LogP contribution in [0.2, 0.25) is 0 Å². The van der Waals surface area contributed by atoms with Crippen molar-refractivity contribution in [3.63, 3.8) is 0 Å². The van der Waals surface area contributed by atoms with E-state index in [0.717, 1.165) is 0 Å². The fourth-order valence-electron chi connectivity index (χ4n) is 3.39. The predicted octanol–water partition coefficient (Wildman–Crippen LogP) is 5.37. The molecule has 0 aliphatic rings. The van der Waals surface area contributed by atoms with E-state index in [-0.39, 0.29) is 0 Å². The molecule has 0 N–H and O–H groups in total. The van der Waals surface area contributed by atoms with Crippen LogP contribution in [0.1, 0.15) is 16.7 Å². The van der Waals surface area contributed by atoms with Gasteiger partial charge < -0.3 is 9.55 Å². The Morgan fingerprint density at radius 1 is 0.692 bits per heavy atom. The Labute approximate surface area is 171 Å². The van der Waals surface area contributed by atoms with Gasteiger partial charge in [-0.25, -0.2) is 0 Å². The summed E-state index contributed by atoms with van der Waals surface area (Å²) in [5.74, 6) is 0. The van der Waals surface area contributed by atoms with E-state index in [1.807, 2.05) is 30.7 Å². The van der Waals surface area contributed by atoms with Crippen LogP contribution in [-0.2, 0) is 21.9 Å². The Hall–Kier alpha value is -2.03. The summed E-state index contributed by atoms with van der Waals surface area (Å²) in [5.41, 5.74) is 3.09. The summed E-state index contributed by atoms with van der Waals surface area (Å²) in [6, 6.07) is 31.6. The molecule has 0 atom stereocenters. The molecule has 0 unspecified atom stereocenters. The molecule has 26 heavy (non-hydrogen) atoms. The maximum atomic E-state index is 4.20. The van der Waals surface area contributed by atoms with Gasteiger partial charge in [0.1, 0.15) is 5.54 Å². The average molecular weight is 455 g/mol. The molecule has 0 fully saturated rings. The summed E-state index contributed by atoms with van der Waals surface area (Å²) in [5, 5.41) is 0. The first-order valence-corrected chi connectivity index (χ1v) is 15.2. The van der Waals surface area contributed by atoms with E-state index < -0.39 is 5.54 Å². The van der Waals surface area contributed by atoms with Gasteiger partial charge in [-0.1, -0.05) is 104 Å².